The Labute approximate surface area is 180 Å². The maximum absolute atomic E-state index is 12.4. The Hall–Kier alpha value is -2.94. The Balaban J connectivity index is 1.63. The zero-order chi connectivity index (χ0) is 21.7. The number of pyridine rings is 1. The maximum atomic E-state index is 12.4. The second-order valence-electron chi connectivity index (χ2n) is 6.70. The average molecular weight is 446 g/mol. The van der Waals surface area contributed by atoms with Crippen molar-refractivity contribution in [3.63, 3.8) is 0 Å². The van der Waals surface area contributed by atoms with Gasteiger partial charge in [-0.25, -0.2) is 18.1 Å². The highest BCUT2D eigenvalue weighted by Crippen LogP contribution is 2.22. The van der Waals surface area contributed by atoms with Gasteiger partial charge in [0.05, 0.1) is 16.8 Å². The molecule has 0 spiro atoms. The van der Waals surface area contributed by atoms with E-state index in [0.717, 1.165) is 0 Å². The number of halogens is 1. The molecule has 0 saturated carbocycles. The number of rotatable bonds is 7. The first-order valence-corrected chi connectivity index (χ1v) is 10.9. The molecule has 0 atom stereocenters. The van der Waals surface area contributed by atoms with Gasteiger partial charge >= 0.3 is 0 Å². The van der Waals surface area contributed by atoms with E-state index in [9.17, 15) is 13.2 Å². The number of benzene rings is 2. The number of sulfonamides is 1. The Morgan fingerprint density at radius 1 is 1.00 bits per heavy atom. The number of anilines is 1. The van der Waals surface area contributed by atoms with E-state index in [1.807, 2.05) is 0 Å². The SMILES string of the molecule is CC(C)NS(=O)(=O)c1ccc(C(=O)Nc2ccc(Oc3ccc(Cl)cc3)nc2)cc1. The first-order chi connectivity index (χ1) is 14.2. The predicted molar refractivity (Wildman–Crippen MR) is 116 cm³/mol. The molecule has 7 nitrogen and oxygen atoms in total. The van der Waals surface area contributed by atoms with Crippen molar-refractivity contribution >= 4 is 33.2 Å². The second kappa shape index (κ2) is 9.25. The molecule has 0 aliphatic heterocycles. The minimum Gasteiger partial charge on any atom is -0.439 e. The second-order valence-corrected chi connectivity index (χ2v) is 8.85. The molecular formula is C21H20ClN3O4S. The Kier molecular flexibility index (Phi) is 6.71. The van der Waals surface area contributed by atoms with Crippen LogP contribution in [0.3, 0.4) is 0 Å². The number of hydrogen-bond acceptors (Lipinski definition) is 5. The van der Waals surface area contributed by atoms with Crippen LogP contribution in [0.2, 0.25) is 5.02 Å². The standard InChI is InChI=1S/C21H20ClN3O4S/c1-14(2)25-30(27,28)19-10-3-15(4-11-19)21(26)24-17-7-12-20(23-13-17)29-18-8-5-16(22)6-9-18/h3-14,25H,1-2H3,(H,24,26). The molecule has 9 heteroatoms. The third-order valence-electron chi connectivity index (χ3n) is 3.85. The van der Waals surface area contributed by atoms with Gasteiger partial charge < -0.3 is 10.1 Å². The fraction of sp³-hybridized carbons (Fsp3) is 0.143. The van der Waals surface area contributed by atoms with Crippen LogP contribution in [0.25, 0.3) is 0 Å². The van der Waals surface area contributed by atoms with Gasteiger partial charge in [0.25, 0.3) is 5.91 Å². The quantitative estimate of drug-likeness (QED) is 0.559. The number of carbonyl (C=O) groups is 1. The molecule has 2 N–H and O–H groups in total. The number of aromatic nitrogens is 1. The number of carbonyl (C=O) groups excluding carboxylic acids is 1. The number of amides is 1. The first-order valence-electron chi connectivity index (χ1n) is 9.06. The van der Waals surface area contributed by atoms with E-state index >= 15 is 0 Å². The van der Waals surface area contributed by atoms with E-state index in [1.165, 1.54) is 30.5 Å². The van der Waals surface area contributed by atoms with Crippen LogP contribution >= 0.6 is 11.6 Å². The number of ether oxygens (including phenoxy) is 1. The molecule has 0 aliphatic rings. The van der Waals surface area contributed by atoms with Gasteiger partial charge in [0.2, 0.25) is 15.9 Å². The fourth-order valence-corrected chi connectivity index (χ4v) is 3.88. The lowest BCUT2D eigenvalue weighted by atomic mass is 10.2. The van der Waals surface area contributed by atoms with Crippen LogP contribution < -0.4 is 14.8 Å². The van der Waals surface area contributed by atoms with E-state index in [2.05, 4.69) is 15.0 Å². The molecule has 0 fully saturated rings. The zero-order valence-corrected chi connectivity index (χ0v) is 17.9. The summed E-state index contributed by atoms with van der Waals surface area (Å²) in [4.78, 5) is 16.7. The van der Waals surface area contributed by atoms with E-state index in [4.69, 9.17) is 16.3 Å². The molecule has 0 unspecified atom stereocenters. The molecule has 3 rings (SSSR count). The third-order valence-corrected chi connectivity index (χ3v) is 5.77. The molecule has 2 aromatic carbocycles. The van der Waals surface area contributed by atoms with Crippen molar-refractivity contribution in [2.45, 2.75) is 24.8 Å². The van der Waals surface area contributed by atoms with Gasteiger partial charge in [-0.1, -0.05) is 11.6 Å². The highest BCUT2D eigenvalue weighted by Gasteiger charge is 2.16. The molecule has 0 radical (unpaired) electrons. The summed E-state index contributed by atoms with van der Waals surface area (Å²) in [5.74, 6) is 0.567. The van der Waals surface area contributed by atoms with Crippen molar-refractivity contribution in [1.29, 1.82) is 0 Å². The molecule has 1 amide bonds. The molecular weight excluding hydrogens is 426 g/mol. The summed E-state index contributed by atoms with van der Waals surface area (Å²) in [6, 6.07) is 15.6. The van der Waals surface area contributed by atoms with Crippen molar-refractivity contribution in [1.82, 2.24) is 9.71 Å². The topological polar surface area (TPSA) is 97.4 Å². The number of hydrogen-bond donors (Lipinski definition) is 2. The van der Waals surface area contributed by atoms with E-state index in [0.29, 0.717) is 27.9 Å². The summed E-state index contributed by atoms with van der Waals surface area (Å²) in [5.41, 5.74) is 0.793. The van der Waals surface area contributed by atoms with Crippen molar-refractivity contribution in [2.75, 3.05) is 5.32 Å². The van der Waals surface area contributed by atoms with Crippen molar-refractivity contribution < 1.29 is 17.9 Å². The summed E-state index contributed by atoms with van der Waals surface area (Å²) in [6.07, 6.45) is 1.47. The first kappa shape index (κ1) is 21.8. The van der Waals surface area contributed by atoms with Gasteiger partial charge in [-0.3, -0.25) is 4.79 Å². The maximum Gasteiger partial charge on any atom is 0.255 e. The third kappa shape index (κ3) is 5.79. The van der Waals surface area contributed by atoms with Crippen LogP contribution in [0.4, 0.5) is 5.69 Å². The van der Waals surface area contributed by atoms with Crippen LogP contribution in [0.5, 0.6) is 11.6 Å². The minimum atomic E-state index is -3.61. The molecule has 3 aromatic rings. The normalized spacial score (nSPS) is 11.3. The summed E-state index contributed by atoms with van der Waals surface area (Å²) in [6.45, 7) is 3.47. The minimum absolute atomic E-state index is 0.0955. The lowest BCUT2D eigenvalue weighted by Crippen LogP contribution is -2.30. The molecule has 0 aliphatic carbocycles. The van der Waals surface area contributed by atoms with Gasteiger partial charge in [-0.2, -0.15) is 0 Å². The molecule has 156 valence electrons. The van der Waals surface area contributed by atoms with E-state index in [-0.39, 0.29) is 16.8 Å². The summed E-state index contributed by atoms with van der Waals surface area (Å²) < 4.78 is 32.4. The molecule has 30 heavy (non-hydrogen) atoms. The average Bonchev–Trinajstić information content (AvgIpc) is 2.70. The summed E-state index contributed by atoms with van der Waals surface area (Å²) in [5, 5.41) is 3.31. The molecule has 1 heterocycles. The molecule has 1 aromatic heterocycles. The van der Waals surface area contributed by atoms with Gasteiger partial charge in [0, 0.05) is 22.7 Å². The van der Waals surface area contributed by atoms with Crippen molar-refractivity contribution in [3.8, 4) is 11.6 Å². The van der Waals surface area contributed by atoms with Gasteiger partial charge in [-0.15, -0.1) is 0 Å². The highest BCUT2D eigenvalue weighted by molar-refractivity contribution is 7.89. The summed E-state index contributed by atoms with van der Waals surface area (Å²) >= 11 is 5.84. The smallest absolute Gasteiger partial charge is 0.255 e. The summed E-state index contributed by atoms with van der Waals surface area (Å²) in [7, 11) is -3.61. The lowest BCUT2D eigenvalue weighted by Gasteiger charge is -2.10. The van der Waals surface area contributed by atoms with Crippen LogP contribution in [-0.4, -0.2) is 25.4 Å². The van der Waals surface area contributed by atoms with Crippen LogP contribution in [0, 0.1) is 0 Å². The lowest BCUT2D eigenvalue weighted by molar-refractivity contribution is 0.102. The zero-order valence-electron chi connectivity index (χ0n) is 16.3. The van der Waals surface area contributed by atoms with Crippen molar-refractivity contribution in [3.05, 3.63) is 77.4 Å². The Morgan fingerprint density at radius 3 is 2.23 bits per heavy atom. The molecule has 0 bridgehead atoms. The van der Waals surface area contributed by atoms with Crippen LogP contribution in [0.1, 0.15) is 24.2 Å². The predicted octanol–water partition coefficient (Wildman–Crippen LogP) is 4.47. The van der Waals surface area contributed by atoms with E-state index in [1.54, 1.807) is 50.2 Å². The van der Waals surface area contributed by atoms with Crippen molar-refractivity contribution in [2.24, 2.45) is 0 Å². The largest absolute Gasteiger partial charge is 0.439 e. The monoisotopic (exact) mass is 445 g/mol. The Morgan fingerprint density at radius 2 is 1.67 bits per heavy atom. The van der Waals surface area contributed by atoms with Gasteiger partial charge in [0.15, 0.2) is 0 Å². The van der Waals surface area contributed by atoms with Gasteiger partial charge in [-0.05, 0) is 68.4 Å². The van der Waals surface area contributed by atoms with Crippen LogP contribution in [0.15, 0.2) is 71.8 Å². The van der Waals surface area contributed by atoms with Gasteiger partial charge in [0.1, 0.15) is 5.75 Å². The highest BCUT2D eigenvalue weighted by atomic mass is 35.5. The van der Waals surface area contributed by atoms with E-state index < -0.39 is 10.0 Å². The fourth-order valence-electron chi connectivity index (χ4n) is 2.51. The number of nitrogens with zero attached hydrogens (tertiary/aromatic N) is 1. The number of nitrogens with one attached hydrogen (secondary N) is 2. The Bertz CT molecular complexity index is 1110. The molecule has 0 saturated heterocycles. The van der Waals surface area contributed by atoms with Crippen LogP contribution in [-0.2, 0) is 10.0 Å².